The highest BCUT2D eigenvalue weighted by Gasteiger charge is 2.33. The monoisotopic (exact) mass is 433 g/mol. The number of benzene rings is 2. The van der Waals surface area contributed by atoms with Gasteiger partial charge in [0, 0.05) is 38.3 Å². The van der Waals surface area contributed by atoms with Gasteiger partial charge in [-0.1, -0.05) is 0 Å². The summed E-state index contributed by atoms with van der Waals surface area (Å²) in [7, 11) is -4.03. The first kappa shape index (κ1) is 21.0. The number of piperazine rings is 1. The molecule has 1 aliphatic heterocycles. The van der Waals surface area contributed by atoms with Gasteiger partial charge < -0.3 is 4.90 Å². The number of sulfonamides is 1. The fraction of sp³-hybridized carbons (Fsp3) is 0.294. The third-order valence-corrected chi connectivity index (χ3v) is 6.45. The Morgan fingerprint density at radius 3 is 2.07 bits per heavy atom. The minimum atomic E-state index is -4.58. The lowest BCUT2D eigenvalue weighted by Gasteiger charge is -2.35. The molecule has 0 saturated carbocycles. The Morgan fingerprint density at radius 2 is 1.55 bits per heavy atom. The van der Waals surface area contributed by atoms with Crippen molar-refractivity contribution < 1.29 is 30.9 Å². The van der Waals surface area contributed by atoms with Gasteiger partial charge in [-0.15, -0.1) is 0 Å². The summed E-state index contributed by atoms with van der Waals surface area (Å²) < 4.78 is 77.9. The Labute approximate surface area is 163 Å². The summed E-state index contributed by atoms with van der Waals surface area (Å²) in [5.74, 6) is -0.662. The molecule has 0 amide bonds. The second-order valence-corrected chi connectivity index (χ2v) is 8.24. The van der Waals surface area contributed by atoms with E-state index in [2.05, 4.69) is 0 Å². The molecule has 0 radical (unpaired) electrons. The van der Waals surface area contributed by atoms with Gasteiger partial charge in [-0.3, -0.25) is 10.1 Å². The molecule has 2 aromatic rings. The van der Waals surface area contributed by atoms with Crippen molar-refractivity contribution >= 4 is 21.4 Å². The SMILES string of the molecule is O=[N+]([O-])c1ccc(F)cc1N1CCN(S(=O)(=O)c2ccc(C(F)(F)F)cc2)CC1. The molecule has 29 heavy (non-hydrogen) atoms. The minimum Gasteiger partial charge on any atom is -0.363 e. The molecule has 1 aliphatic rings. The van der Waals surface area contributed by atoms with E-state index in [1.165, 1.54) is 4.90 Å². The molecule has 0 bridgehead atoms. The molecule has 1 heterocycles. The lowest BCUT2D eigenvalue weighted by Crippen LogP contribution is -2.48. The molecule has 156 valence electrons. The van der Waals surface area contributed by atoms with Crippen LogP contribution in [0.25, 0.3) is 0 Å². The Hall–Kier alpha value is -2.73. The molecule has 0 atom stereocenters. The first-order chi connectivity index (χ1) is 13.5. The van der Waals surface area contributed by atoms with Crippen LogP contribution < -0.4 is 4.90 Å². The summed E-state index contributed by atoms with van der Waals surface area (Å²) in [6.07, 6.45) is -4.58. The number of hydrogen-bond acceptors (Lipinski definition) is 5. The molecule has 7 nitrogen and oxygen atoms in total. The van der Waals surface area contributed by atoms with Gasteiger partial charge in [0.25, 0.3) is 5.69 Å². The largest absolute Gasteiger partial charge is 0.416 e. The molecule has 12 heteroatoms. The van der Waals surface area contributed by atoms with Crippen LogP contribution in [0.4, 0.5) is 28.9 Å². The predicted molar refractivity (Wildman–Crippen MR) is 95.5 cm³/mol. The molecule has 0 unspecified atom stereocenters. The first-order valence-electron chi connectivity index (χ1n) is 8.36. The van der Waals surface area contributed by atoms with Crippen LogP contribution >= 0.6 is 0 Å². The standard InChI is InChI=1S/C17H15F4N3O4S/c18-13-3-6-15(24(25)26)16(11-13)22-7-9-23(10-8-22)29(27,28)14-4-1-12(2-5-14)17(19,20)21/h1-6,11H,7-10H2. The van der Waals surface area contributed by atoms with Crippen molar-refractivity contribution in [1.29, 1.82) is 0 Å². The van der Waals surface area contributed by atoms with E-state index in [0.717, 1.165) is 34.6 Å². The fourth-order valence-electron chi connectivity index (χ4n) is 3.04. The van der Waals surface area contributed by atoms with E-state index in [0.29, 0.717) is 12.1 Å². The average Bonchev–Trinajstić information content (AvgIpc) is 2.67. The van der Waals surface area contributed by atoms with Gasteiger partial charge in [-0.05, 0) is 30.3 Å². The first-order valence-corrected chi connectivity index (χ1v) is 9.80. The second kappa shape index (κ2) is 7.59. The van der Waals surface area contributed by atoms with Gasteiger partial charge >= 0.3 is 6.18 Å². The smallest absolute Gasteiger partial charge is 0.363 e. The molecular weight excluding hydrogens is 418 g/mol. The third kappa shape index (κ3) is 4.32. The number of nitrogens with zero attached hydrogens (tertiary/aromatic N) is 3. The van der Waals surface area contributed by atoms with Crippen LogP contribution in [0.3, 0.4) is 0 Å². The maximum atomic E-state index is 13.5. The fourth-order valence-corrected chi connectivity index (χ4v) is 4.46. The lowest BCUT2D eigenvalue weighted by atomic mass is 10.2. The molecule has 0 N–H and O–H groups in total. The van der Waals surface area contributed by atoms with Crippen molar-refractivity contribution in [3.05, 3.63) is 64.0 Å². The van der Waals surface area contributed by atoms with Gasteiger partial charge in [-0.2, -0.15) is 17.5 Å². The van der Waals surface area contributed by atoms with Crippen molar-refractivity contribution in [2.24, 2.45) is 0 Å². The number of anilines is 1. The van der Waals surface area contributed by atoms with E-state index in [1.807, 2.05) is 0 Å². The van der Waals surface area contributed by atoms with Gasteiger partial charge in [0.1, 0.15) is 11.5 Å². The Morgan fingerprint density at radius 1 is 0.966 bits per heavy atom. The summed E-state index contributed by atoms with van der Waals surface area (Å²) in [5.41, 5.74) is -1.22. The summed E-state index contributed by atoms with van der Waals surface area (Å²) in [4.78, 5) is 11.7. The number of nitro benzene ring substituents is 1. The van der Waals surface area contributed by atoms with Crippen LogP contribution in [0.15, 0.2) is 47.4 Å². The van der Waals surface area contributed by atoms with Crippen LogP contribution in [0, 0.1) is 15.9 Å². The number of halogens is 4. The minimum absolute atomic E-state index is 0.0431. The molecule has 1 saturated heterocycles. The summed E-state index contributed by atoms with van der Waals surface area (Å²) in [6.45, 7) is 0.00234. The molecule has 3 rings (SSSR count). The lowest BCUT2D eigenvalue weighted by molar-refractivity contribution is -0.384. The molecule has 0 aromatic heterocycles. The van der Waals surface area contributed by atoms with Gasteiger partial charge in [0.15, 0.2) is 0 Å². The van der Waals surface area contributed by atoms with E-state index in [-0.39, 0.29) is 42.4 Å². The van der Waals surface area contributed by atoms with E-state index in [4.69, 9.17) is 0 Å². The quantitative estimate of drug-likeness (QED) is 0.420. The summed E-state index contributed by atoms with van der Waals surface area (Å²) in [5, 5.41) is 11.2. The predicted octanol–water partition coefficient (Wildman–Crippen LogP) is 3.26. The molecule has 0 aliphatic carbocycles. The normalized spacial score (nSPS) is 16.1. The highest BCUT2D eigenvalue weighted by Crippen LogP contribution is 2.32. The Kier molecular flexibility index (Phi) is 5.50. The van der Waals surface area contributed by atoms with Crippen molar-refractivity contribution in [1.82, 2.24) is 4.31 Å². The Bertz CT molecular complexity index is 1020. The van der Waals surface area contributed by atoms with Crippen molar-refractivity contribution in [3.8, 4) is 0 Å². The van der Waals surface area contributed by atoms with Crippen molar-refractivity contribution in [2.45, 2.75) is 11.1 Å². The van der Waals surface area contributed by atoms with Gasteiger partial charge in [-0.25, -0.2) is 12.8 Å². The molecule has 1 fully saturated rings. The Balaban J connectivity index is 1.77. The summed E-state index contributed by atoms with van der Waals surface area (Å²) in [6, 6.07) is 6.18. The van der Waals surface area contributed by atoms with Crippen LogP contribution in [-0.2, 0) is 16.2 Å². The van der Waals surface area contributed by atoms with Gasteiger partial charge in [0.05, 0.1) is 15.4 Å². The maximum absolute atomic E-state index is 13.5. The van der Waals surface area contributed by atoms with Crippen LogP contribution in [-0.4, -0.2) is 43.8 Å². The number of alkyl halides is 3. The molecule has 2 aromatic carbocycles. The van der Waals surface area contributed by atoms with Gasteiger partial charge in [0.2, 0.25) is 10.0 Å². The highest BCUT2D eigenvalue weighted by molar-refractivity contribution is 7.89. The van der Waals surface area contributed by atoms with E-state index >= 15 is 0 Å². The molecule has 0 spiro atoms. The topological polar surface area (TPSA) is 83.8 Å². The number of nitro groups is 1. The number of rotatable bonds is 4. The van der Waals surface area contributed by atoms with Crippen molar-refractivity contribution in [2.75, 3.05) is 31.1 Å². The zero-order chi connectivity index (χ0) is 21.4. The average molecular weight is 433 g/mol. The highest BCUT2D eigenvalue weighted by atomic mass is 32.2. The van der Waals surface area contributed by atoms with Crippen LogP contribution in [0.1, 0.15) is 5.56 Å². The number of hydrogen-bond donors (Lipinski definition) is 0. The second-order valence-electron chi connectivity index (χ2n) is 6.30. The van der Waals surface area contributed by atoms with E-state index in [9.17, 15) is 36.1 Å². The molecular formula is C17H15F4N3O4S. The van der Waals surface area contributed by atoms with E-state index in [1.54, 1.807) is 0 Å². The summed E-state index contributed by atoms with van der Waals surface area (Å²) >= 11 is 0. The van der Waals surface area contributed by atoms with Crippen molar-refractivity contribution in [3.63, 3.8) is 0 Å². The van der Waals surface area contributed by atoms with Crippen LogP contribution in [0.2, 0.25) is 0 Å². The third-order valence-electron chi connectivity index (χ3n) is 4.53. The van der Waals surface area contributed by atoms with E-state index < -0.39 is 32.5 Å². The zero-order valence-electron chi connectivity index (χ0n) is 14.8. The maximum Gasteiger partial charge on any atom is 0.416 e. The zero-order valence-corrected chi connectivity index (χ0v) is 15.6. The van der Waals surface area contributed by atoms with Crippen LogP contribution in [0.5, 0.6) is 0 Å².